The van der Waals surface area contributed by atoms with Crippen molar-refractivity contribution >= 4 is 5.97 Å². The Hall–Kier alpha value is -2.17. The van der Waals surface area contributed by atoms with Gasteiger partial charge in [-0.2, -0.15) is 0 Å². The summed E-state index contributed by atoms with van der Waals surface area (Å²) in [6, 6.07) is 2.00. The van der Waals surface area contributed by atoms with Crippen LogP contribution in [0.5, 0.6) is 0 Å². The average molecular weight is 243 g/mol. The first kappa shape index (κ1) is 11.0. The van der Waals surface area contributed by atoms with Crippen LogP contribution in [0.15, 0.2) is 24.8 Å². The third kappa shape index (κ3) is 1.59. The smallest absolute Gasteiger partial charge is 0.358 e. The van der Waals surface area contributed by atoms with Gasteiger partial charge in [0.1, 0.15) is 6.33 Å². The summed E-state index contributed by atoms with van der Waals surface area (Å²) in [6.45, 7) is 2.16. The van der Waals surface area contributed by atoms with E-state index in [0.717, 1.165) is 24.2 Å². The maximum absolute atomic E-state index is 11.8. The SMILES string of the molecule is CCOC(=O)c1ncn2c1CCc1ccncc1-2. The van der Waals surface area contributed by atoms with Gasteiger partial charge in [0.2, 0.25) is 0 Å². The van der Waals surface area contributed by atoms with Crippen molar-refractivity contribution in [1.29, 1.82) is 0 Å². The predicted molar refractivity (Wildman–Crippen MR) is 64.7 cm³/mol. The summed E-state index contributed by atoms with van der Waals surface area (Å²) in [5, 5.41) is 0. The molecule has 0 saturated heterocycles. The molecule has 0 N–H and O–H groups in total. The number of aryl methyl sites for hydroxylation is 1. The first-order chi connectivity index (χ1) is 8.81. The number of imidazole rings is 1. The average Bonchev–Trinajstić information content (AvgIpc) is 2.83. The van der Waals surface area contributed by atoms with Crippen LogP contribution in [0.2, 0.25) is 0 Å². The number of nitrogens with zero attached hydrogens (tertiary/aromatic N) is 3. The molecule has 0 fully saturated rings. The van der Waals surface area contributed by atoms with Crippen molar-refractivity contribution in [1.82, 2.24) is 14.5 Å². The molecule has 0 aromatic carbocycles. The zero-order valence-electron chi connectivity index (χ0n) is 10.1. The number of hydrogen-bond acceptors (Lipinski definition) is 4. The first-order valence-corrected chi connectivity index (χ1v) is 5.98. The topological polar surface area (TPSA) is 57.0 Å². The van der Waals surface area contributed by atoms with Gasteiger partial charge in [-0.25, -0.2) is 9.78 Å². The Labute approximate surface area is 104 Å². The number of esters is 1. The second-order valence-corrected chi connectivity index (χ2v) is 4.13. The normalized spacial score (nSPS) is 12.7. The number of aromatic nitrogens is 3. The fraction of sp³-hybridized carbons (Fsp3) is 0.308. The lowest BCUT2D eigenvalue weighted by atomic mass is 10.0. The Balaban J connectivity index is 2.07. The van der Waals surface area contributed by atoms with E-state index in [-0.39, 0.29) is 5.97 Å². The van der Waals surface area contributed by atoms with E-state index in [1.165, 1.54) is 5.56 Å². The minimum atomic E-state index is -0.349. The molecule has 0 amide bonds. The van der Waals surface area contributed by atoms with Gasteiger partial charge in [-0.05, 0) is 31.4 Å². The molecule has 3 heterocycles. The Kier molecular flexibility index (Phi) is 2.59. The van der Waals surface area contributed by atoms with Gasteiger partial charge >= 0.3 is 5.97 Å². The summed E-state index contributed by atoms with van der Waals surface area (Å²) in [5.74, 6) is -0.349. The molecule has 2 aromatic rings. The van der Waals surface area contributed by atoms with E-state index < -0.39 is 0 Å². The van der Waals surface area contributed by atoms with Gasteiger partial charge in [0.05, 0.1) is 24.2 Å². The van der Waals surface area contributed by atoms with E-state index in [1.54, 1.807) is 25.6 Å². The number of rotatable bonds is 2. The van der Waals surface area contributed by atoms with Crippen molar-refractivity contribution in [2.45, 2.75) is 19.8 Å². The molecule has 1 aliphatic rings. The van der Waals surface area contributed by atoms with Crippen LogP contribution >= 0.6 is 0 Å². The molecule has 0 aliphatic carbocycles. The highest BCUT2D eigenvalue weighted by atomic mass is 16.5. The Bertz CT molecular complexity index is 604. The third-order valence-electron chi connectivity index (χ3n) is 3.11. The lowest BCUT2D eigenvalue weighted by molar-refractivity contribution is 0.0518. The summed E-state index contributed by atoms with van der Waals surface area (Å²) < 4.78 is 6.94. The molecular weight excluding hydrogens is 230 g/mol. The van der Waals surface area contributed by atoms with Crippen LogP contribution in [0.1, 0.15) is 28.7 Å². The van der Waals surface area contributed by atoms with Gasteiger partial charge in [-0.3, -0.25) is 4.98 Å². The van der Waals surface area contributed by atoms with Crippen molar-refractivity contribution in [3.05, 3.63) is 41.7 Å². The molecular formula is C13H13N3O2. The maximum Gasteiger partial charge on any atom is 0.358 e. The summed E-state index contributed by atoms with van der Waals surface area (Å²) in [5.41, 5.74) is 3.56. The first-order valence-electron chi connectivity index (χ1n) is 5.98. The minimum Gasteiger partial charge on any atom is -0.461 e. The monoisotopic (exact) mass is 243 g/mol. The zero-order valence-corrected chi connectivity index (χ0v) is 10.1. The number of carbonyl (C=O) groups is 1. The highest BCUT2D eigenvalue weighted by Gasteiger charge is 2.24. The molecule has 5 heteroatoms. The van der Waals surface area contributed by atoms with Crippen molar-refractivity contribution < 1.29 is 9.53 Å². The maximum atomic E-state index is 11.8. The Morgan fingerprint density at radius 2 is 2.39 bits per heavy atom. The van der Waals surface area contributed by atoms with Crippen LogP contribution in [0.25, 0.3) is 5.69 Å². The fourth-order valence-corrected chi connectivity index (χ4v) is 2.29. The number of pyridine rings is 1. The van der Waals surface area contributed by atoms with Crippen LogP contribution in [-0.2, 0) is 17.6 Å². The number of ether oxygens (including phenoxy) is 1. The van der Waals surface area contributed by atoms with Gasteiger partial charge < -0.3 is 9.30 Å². The lowest BCUT2D eigenvalue weighted by Gasteiger charge is -2.18. The molecule has 0 atom stereocenters. The van der Waals surface area contributed by atoms with Gasteiger partial charge in [0.25, 0.3) is 0 Å². The molecule has 1 aliphatic heterocycles. The molecule has 0 spiro atoms. The van der Waals surface area contributed by atoms with Gasteiger partial charge in [-0.15, -0.1) is 0 Å². The molecule has 18 heavy (non-hydrogen) atoms. The van der Waals surface area contributed by atoms with E-state index >= 15 is 0 Å². The molecule has 3 rings (SSSR count). The van der Waals surface area contributed by atoms with Gasteiger partial charge in [0, 0.05) is 6.20 Å². The summed E-state index contributed by atoms with van der Waals surface area (Å²) >= 11 is 0. The van der Waals surface area contributed by atoms with Crippen LogP contribution in [0, 0.1) is 0 Å². The number of carbonyl (C=O) groups excluding carboxylic acids is 1. The van der Waals surface area contributed by atoms with Gasteiger partial charge in [-0.1, -0.05) is 0 Å². The van der Waals surface area contributed by atoms with E-state index in [9.17, 15) is 4.79 Å². The molecule has 0 radical (unpaired) electrons. The summed E-state index contributed by atoms with van der Waals surface area (Å²) in [4.78, 5) is 20.1. The van der Waals surface area contributed by atoms with E-state index in [0.29, 0.717) is 12.3 Å². The van der Waals surface area contributed by atoms with Crippen molar-refractivity contribution in [2.24, 2.45) is 0 Å². The highest BCUT2D eigenvalue weighted by Crippen LogP contribution is 2.25. The Morgan fingerprint density at radius 3 is 3.22 bits per heavy atom. The van der Waals surface area contributed by atoms with Crippen LogP contribution in [-0.4, -0.2) is 27.1 Å². The molecule has 0 unspecified atom stereocenters. The molecule has 92 valence electrons. The molecule has 5 nitrogen and oxygen atoms in total. The summed E-state index contributed by atoms with van der Waals surface area (Å²) in [6.07, 6.45) is 6.95. The highest BCUT2D eigenvalue weighted by molar-refractivity contribution is 5.89. The second-order valence-electron chi connectivity index (χ2n) is 4.13. The van der Waals surface area contributed by atoms with Crippen LogP contribution < -0.4 is 0 Å². The van der Waals surface area contributed by atoms with Crippen LogP contribution in [0.4, 0.5) is 0 Å². The number of fused-ring (bicyclic) bond motifs is 3. The molecule has 0 saturated carbocycles. The largest absolute Gasteiger partial charge is 0.461 e. The van der Waals surface area contributed by atoms with Crippen LogP contribution in [0.3, 0.4) is 0 Å². The van der Waals surface area contributed by atoms with E-state index in [1.807, 2.05) is 10.6 Å². The Morgan fingerprint density at radius 1 is 1.50 bits per heavy atom. The van der Waals surface area contributed by atoms with Crippen molar-refractivity contribution in [3.8, 4) is 5.69 Å². The summed E-state index contributed by atoms with van der Waals surface area (Å²) in [7, 11) is 0. The standard InChI is InChI=1S/C13H13N3O2/c1-2-18-13(17)12-10-4-3-9-5-6-14-7-11(9)16(10)8-15-12/h5-8H,2-4H2,1H3. The molecule has 2 aromatic heterocycles. The number of hydrogen-bond donors (Lipinski definition) is 0. The molecule has 0 bridgehead atoms. The minimum absolute atomic E-state index is 0.349. The van der Waals surface area contributed by atoms with Crippen molar-refractivity contribution in [2.75, 3.05) is 6.61 Å². The predicted octanol–water partition coefficient (Wildman–Crippen LogP) is 1.54. The second kappa shape index (κ2) is 4.25. The fourth-order valence-electron chi connectivity index (χ4n) is 2.29. The van der Waals surface area contributed by atoms with Gasteiger partial charge in [0.15, 0.2) is 5.69 Å². The van der Waals surface area contributed by atoms with Crippen molar-refractivity contribution in [3.63, 3.8) is 0 Å². The zero-order chi connectivity index (χ0) is 12.5. The third-order valence-corrected chi connectivity index (χ3v) is 3.11. The van der Waals surface area contributed by atoms with E-state index in [4.69, 9.17) is 4.74 Å². The lowest BCUT2D eigenvalue weighted by Crippen LogP contribution is -2.15. The van der Waals surface area contributed by atoms with E-state index in [2.05, 4.69) is 9.97 Å². The quantitative estimate of drug-likeness (QED) is 0.751.